The summed E-state index contributed by atoms with van der Waals surface area (Å²) < 4.78 is 0. The lowest BCUT2D eigenvalue weighted by Crippen LogP contribution is -2.15. The number of fused-ring (bicyclic) bond motifs is 1. The Morgan fingerprint density at radius 3 is 3.00 bits per heavy atom. The van der Waals surface area contributed by atoms with Crippen molar-refractivity contribution in [3.05, 3.63) is 28.8 Å². The molecule has 0 radical (unpaired) electrons. The smallest absolute Gasteiger partial charge is 0.152 e. The van der Waals surface area contributed by atoms with Crippen LogP contribution in [0.4, 0.5) is 5.69 Å². The van der Waals surface area contributed by atoms with Crippen LogP contribution < -0.4 is 5.32 Å². The number of alkyl halides is 1. The van der Waals surface area contributed by atoms with Crippen molar-refractivity contribution in [1.29, 1.82) is 0 Å². The van der Waals surface area contributed by atoms with Crippen molar-refractivity contribution in [3.8, 4) is 0 Å². The van der Waals surface area contributed by atoms with Gasteiger partial charge in [0.2, 0.25) is 0 Å². The number of halogens is 2. The number of nitrogens with zero attached hydrogens (tertiary/aromatic N) is 1. The number of para-hydroxylation sites is 1. The van der Waals surface area contributed by atoms with E-state index in [-0.39, 0.29) is 5.50 Å². The molecule has 2 rings (SSSR count). The molecule has 1 aromatic carbocycles. The molecule has 0 spiro atoms. The third-order valence-electron chi connectivity index (χ3n) is 1.92. The van der Waals surface area contributed by atoms with Crippen LogP contribution in [-0.2, 0) is 0 Å². The molecule has 0 aromatic heterocycles. The van der Waals surface area contributed by atoms with Gasteiger partial charge >= 0.3 is 0 Å². The first-order valence-corrected chi connectivity index (χ1v) is 4.74. The zero-order valence-electron chi connectivity index (χ0n) is 7.01. The summed E-state index contributed by atoms with van der Waals surface area (Å²) in [5, 5.41) is 3.77. The fraction of sp³-hybridized carbons (Fsp3) is 0.222. The zero-order valence-corrected chi connectivity index (χ0v) is 8.52. The molecular formula is C9H8Cl2N2. The van der Waals surface area contributed by atoms with Gasteiger partial charge in [-0.3, -0.25) is 0 Å². The highest BCUT2D eigenvalue weighted by atomic mass is 35.5. The standard InChI is InChI=1S/C9H8Cl2N2/c1-5-12-8-6(9(11)13-5)3-2-4-7(8)10/h2-4,9H,1H3,(H,12,13). The molecule has 2 nitrogen and oxygen atoms in total. The summed E-state index contributed by atoms with van der Waals surface area (Å²) in [6.45, 7) is 1.86. The van der Waals surface area contributed by atoms with Gasteiger partial charge in [-0.05, 0) is 13.0 Å². The minimum absolute atomic E-state index is 0.324. The summed E-state index contributed by atoms with van der Waals surface area (Å²) in [5.74, 6) is 0.792. The second kappa shape index (κ2) is 3.20. The predicted octanol–water partition coefficient (Wildman–Crippen LogP) is 3.42. The van der Waals surface area contributed by atoms with Gasteiger partial charge in [-0.1, -0.05) is 35.3 Å². The van der Waals surface area contributed by atoms with E-state index in [2.05, 4.69) is 10.3 Å². The molecular weight excluding hydrogens is 207 g/mol. The van der Waals surface area contributed by atoms with E-state index in [9.17, 15) is 0 Å². The molecule has 13 heavy (non-hydrogen) atoms. The van der Waals surface area contributed by atoms with Crippen LogP contribution in [0.1, 0.15) is 18.0 Å². The summed E-state index contributed by atoms with van der Waals surface area (Å²) in [7, 11) is 0. The molecule has 0 bridgehead atoms. The number of benzene rings is 1. The molecule has 0 saturated carbocycles. The topological polar surface area (TPSA) is 24.4 Å². The van der Waals surface area contributed by atoms with Crippen LogP contribution in [0.3, 0.4) is 0 Å². The fourth-order valence-electron chi connectivity index (χ4n) is 1.32. The second-order valence-corrected chi connectivity index (χ2v) is 3.70. The molecule has 0 fully saturated rings. The SMILES string of the molecule is CC1=NC(Cl)c2cccc(Cl)c2N1. The van der Waals surface area contributed by atoms with Gasteiger partial charge < -0.3 is 5.32 Å². The van der Waals surface area contributed by atoms with Crippen molar-refractivity contribution in [2.24, 2.45) is 4.99 Å². The number of hydrogen-bond acceptors (Lipinski definition) is 2. The van der Waals surface area contributed by atoms with E-state index in [1.54, 1.807) is 0 Å². The van der Waals surface area contributed by atoms with Crippen molar-refractivity contribution in [1.82, 2.24) is 0 Å². The van der Waals surface area contributed by atoms with Gasteiger partial charge in [0.25, 0.3) is 0 Å². The molecule has 1 aliphatic rings. The van der Waals surface area contributed by atoms with Gasteiger partial charge in [0.05, 0.1) is 16.5 Å². The first-order valence-electron chi connectivity index (χ1n) is 3.92. The number of anilines is 1. The van der Waals surface area contributed by atoms with E-state index >= 15 is 0 Å². The molecule has 1 N–H and O–H groups in total. The Hall–Kier alpha value is -0.730. The average molecular weight is 215 g/mol. The molecule has 1 aromatic rings. The summed E-state index contributed by atoms with van der Waals surface area (Å²) in [4.78, 5) is 4.18. The Morgan fingerprint density at radius 2 is 2.23 bits per heavy atom. The van der Waals surface area contributed by atoms with Gasteiger partial charge in [-0.25, -0.2) is 4.99 Å². The first-order chi connectivity index (χ1) is 6.18. The van der Waals surface area contributed by atoms with Crippen LogP contribution in [-0.4, -0.2) is 5.84 Å². The maximum Gasteiger partial charge on any atom is 0.152 e. The molecule has 0 saturated heterocycles. The van der Waals surface area contributed by atoms with Crippen LogP contribution in [0.15, 0.2) is 23.2 Å². The van der Waals surface area contributed by atoms with Gasteiger partial charge in [-0.2, -0.15) is 0 Å². The Labute approximate surface area is 86.6 Å². The zero-order chi connectivity index (χ0) is 9.42. The molecule has 0 aliphatic carbocycles. The highest BCUT2D eigenvalue weighted by Crippen LogP contribution is 2.36. The minimum atomic E-state index is -0.324. The molecule has 4 heteroatoms. The fourth-order valence-corrected chi connectivity index (χ4v) is 1.88. The summed E-state index contributed by atoms with van der Waals surface area (Å²) in [5.41, 5.74) is 1.48. The highest BCUT2D eigenvalue weighted by Gasteiger charge is 2.18. The first kappa shape index (κ1) is 8.85. The van der Waals surface area contributed by atoms with Gasteiger partial charge in [0.15, 0.2) is 5.50 Å². The lowest BCUT2D eigenvalue weighted by atomic mass is 10.1. The number of hydrogen-bond donors (Lipinski definition) is 1. The minimum Gasteiger partial charge on any atom is -0.343 e. The van der Waals surface area contributed by atoms with Crippen LogP contribution in [0.2, 0.25) is 5.02 Å². The van der Waals surface area contributed by atoms with E-state index in [0.717, 1.165) is 17.1 Å². The number of aliphatic imine (C=N–C) groups is 1. The molecule has 0 amide bonds. The van der Waals surface area contributed by atoms with Crippen molar-refractivity contribution in [2.75, 3.05) is 5.32 Å². The predicted molar refractivity (Wildman–Crippen MR) is 56.8 cm³/mol. The summed E-state index contributed by atoms with van der Waals surface area (Å²) >= 11 is 12.0. The average Bonchev–Trinajstić information content (AvgIpc) is 2.07. The summed E-state index contributed by atoms with van der Waals surface area (Å²) in [6, 6.07) is 5.62. The van der Waals surface area contributed by atoms with Crippen LogP contribution >= 0.6 is 23.2 Å². The Balaban J connectivity index is 2.55. The summed E-state index contributed by atoms with van der Waals surface area (Å²) in [6.07, 6.45) is 0. The van der Waals surface area contributed by atoms with E-state index in [1.165, 1.54) is 0 Å². The van der Waals surface area contributed by atoms with Gasteiger partial charge in [0.1, 0.15) is 0 Å². The largest absolute Gasteiger partial charge is 0.343 e. The third-order valence-corrected chi connectivity index (χ3v) is 2.56. The third kappa shape index (κ3) is 1.52. The quantitative estimate of drug-likeness (QED) is 0.520. The van der Waals surface area contributed by atoms with Crippen LogP contribution in [0.5, 0.6) is 0 Å². The van der Waals surface area contributed by atoms with Gasteiger partial charge in [0, 0.05) is 5.56 Å². The molecule has 1 heterocycles. The number of nitrogens with one attached hydrogen (secondary N) is 1. The van der Waals surface area contributed by atoms with E-state index in [1.807, 2.05) is 25.1 Å². The second-order valence-electron chi connectivity index (χ2n) is 2.88. The van der Waals surface area contributed by atoms with Crippen molar-refractivity contribution in [2.45, 2.75) is 12.4 Å². The van der Waals surface area contributed by atoms with Crippen molar-refractivity contribution < 1.29 is 0 Å². The number of rotatable bonds is 0. The Bertz CT molecular complexity index is 374. The number of amidine groups is 1. The molecule has 1 atom stereocenters. The Morgan fingerprint density at radius 1 is 1.46 bits per heavy atom. The molecule has 1 unspecified atom stereocenters. The maximum atomic E-state index is 6.03. The van der Waals surface area contributed by atoms with Gasteiger partial charge in [-0.15, -0.1) is 0 Å². The van der Waals surface area contributed by atoms with E-state index < -0.39 is 0 Å². The van der Waals surface area contributed by atoms with E-state index in [4.69, 9.17) is 23.2 Å². The van der Waals surface area contributed by atoms with Crippen LogP contribution in [0, 0.1) is 0 Å². The maximum absolute atomic E-state index is 6.03. The monoisotopic (exact) mass is 214 g/mol. The van der Waals surface area contributed by atoms with Crippen molar-refractivity contribution in [3.63, 3.8) is 0 Å². The normalized spacial score (nSPS) is 20.2. The lowest BCUT2D eigenvalue weighted by molar-refractivity contribution is 0.997. The molecule has 1 aliphatic heterocycles. The van der Waals surface area contributed by atoms with Crippen molar-refractivity contribution >= 4 is 34.7 Å². The van der Waals surface area contributed by atoms with Crippen LogP contribution in [0.25, 0.3) is 0 Å². The molecule has 68 valence electrons. The van der Waals surface area contributed by atoms with E-state index in [0.29, 0.717) is 5.02 Å². The Kier molecular flexibility index (Phi) is 2.18. The highest BCUT2D eigenvalue weighted by molar-refractivity contribution is 6.34. The lowest BCUT2D eigenvalue weighted by Gasteiger charge is -2.20.